The second-order valence-electron chi connectivity index (χ2n) is 15.8. The van der Waals surface area contributed by atoms with Crippen molar-refractivity contribution >= 4 is 77.7 Å². The first-order valence-electron chi connectivity index (χ1n) is 20.9. The van der Waals surface area contributed by atoms with Gasteiger partial charge in [0.1, 0.15) is 0 Å². The third kappa shape index (κ3) is 5.60. The molecule has 0 spiro atoms. The van der Waals surface area contributed by atoms with Crippen LogP contribution in [0.5, 0.6) is 0 Å². The van der Waals surface area contributed by atoms with Crippen molar-refractivity contribution in [1.82, 2.24) is 13.7 Å². The highest BCUT2D eigenvalue weighted by atomic mass is 15.1. The first-order valence-corrected chi connectivity index (χ1v) is 20.9. The number of aromatic nitrogens is 3. The van der Waals surface area contributed by atoms with E-state index >= 15 is 0 Å². The zero-order chi connectivity index (χ0) is 40.3. The summed E-state index contributed by atoms with van der Waals surface area (Å²) >= 11 is 0. The van der Waals surface area contributed by atoms with E-state index in [-0.39, 0.29) is 0 Å². The fourth-order valence-corrected chi connectivity index (χ4v) is 9.67. The summed E-state index contributed by atoms with van der Waals surface area (Å²) in [5.41, 5.74) is 15.0. The maximum atomic E-state index is 4.75. The summed E-state index contributed by atoms with van der Waals surface area (Å²) in [4.78, 5) is 2.27. The second-order valence-corrected chi connectivity index (χ2v) is 15.8. The van der Waals surface area contributed by atoms with E-state index in [1.54, 1.807) is 0 Å². The van der Waals surface area contributed by atoms with Crippen LogP contribution in [0.4, 0.5) is 11.4 Å². The van der Waals surface area contributed by atoms with E-state index in [0.29, 0.717) is 5.92 Å². The van der Waals surface area contributed by atoms with Crippen LogP contribution in [0.25, 0.3) is 77.7 Å². The van der Waals surface area contributed by atoms with Crippen molar-refractivity contribution in [2.75, 3.05) is 4.90 Å². The van der Waals surface area contributed by atoms with E-state index in [1.165, 1.54) is 65.8 Å². The molecule has 3 aromatic heterocycles. The Kier molecular flexibility index (Phi) is 8.52. The summed E-state index contributed by atoms with van der Waals surface area (Å²) in [6, 6.07) is 61.2. The Morgan fingerprint density at radius 3 is 1.40 bits per heavy atom. The van der Waals surface area contributed by atoms with Crippen molar-refractivity contribution in [1.29, 1.82) is 0 Å². The maximum absolute atomic E-state index is 4.75. The smallest absolute Gasteiger partial charge is 0.0541 e. The standard InChI is InChI=1S/C56H44N4/c1-4-40(60-55-27-14-9-21-49(55)50-22-15-16-38(2)56(50)60)29-28-39(3)57(41-30-34-43(35-31-41)58-51-23-10-5-17-45(51)46-18-6-11-24-52(46)58)42-32-36-44(37-33-42)59-53-25-12-7-19-47(53)48-20-8-13-26-54(48)59/h4-15,17-38H,3,16H2,1-2H3/b29-28-,40-4+. The lowest BCUT2D eigenvalue weighted by Gasteiger charge is -2.26. The zero-order valence-corrected chi connectivity index (χ0v) is 33.8. The molecule has 7 aromatic carbocycles. The molecule has 4 heteroatoms. The Bertz CT molecular complexity index is 3120. The van der Waals surface area contributed by atoms with Gasteiger partial charge < -0.3 is 18.6 Å². The number of benzene rings is 7. The molecule has 0 saturated heterocycles. The lowest BCUT2D eigenvalue weighted by molar-refractivity contribution is 0.728. The minimum atomic E-state index is 0.404. The molecular formula is C56H44N4. The van der Waals surface area contributed by atoms with Crippen LogP contribution in [0.3, 0.4) is 0 Å². The molecule has 60 heavy (non-hydrogen) atoms. The number of nitrogens with zero attached hydrogens (tertiary/aromatic N) is 4. The van der Waals surface area contributed by atoms with Gasteiger partial charge in [-0.3, -0.25) is 0 Å². The first-order chi connectivity index (χ1) is 29.6. The molecule has 1 unspecified atom stereocenters. The summed E-state index contributed by atoms with van der Waals surface area (Å²) < 4.78 is 7.18. The van der Waals surface area contributed by atoms with Crippen LogP contribution in [0, 0.1) is 0 Å². The molecule has 0 fully saturated rings. The summed E-state index contributed by atoms with van der Waals surface area (Å²) in [6.07, 6.45) is 12.3. The normalized spacial score (nSPS) is 14.3. The van der Waals surface area contributed by atoms with Gasteiger partial charge in [-0.15, -0.1) is 0 Å². The molecule has 0 aliphatic heterocycles. The van der Waals surface area contributed by atoms with Crippen LogP contribution in [0.15, 0.2) is 206 Å². The Morgan fingerprint density at radius 1 is 0.533 bits per heavy atom. The third-order valence-electron chi connectivity index (χ3n) is 12.4. The van der Waals surface area contributed by atoms with Gasteiger partial charge in [0.2, 0.25) is 0 Å². The third-order valence-corrected chi connectivity index (χ3v) is 12.4. The molecule has 0 saturated carbocycles. The molecule has 1 atom stereocenters. The fourth-order valence-electron chi connectivity index (χ4n) is 9.67. The minimum absolute atomic E-state index is 0.404. The van der Waals surface area contributed by atoms with E-state index in [0.717, 1.165) is 40.6 Å². The monoisotopic (exact) mass is 772 g/mol. The molecule has 0 amide bonds. The molecule has 3 heterocycles. The van der Waals surface area contributed by atoms with Gasteiger partial charge in [-0.1, -0.05) is 123 Å². The van der Waals surface area contributed by atoms with E-state index in [2.05, 4.69) is 233 Å². The van der Waals surface area contributed by atoms with E-state index < -0.39 is 0 Å². The van der Waals surface area contributed by atoms with E-state index in [9.17, 15) is 0 Å². The lowest BCUT2D eigenvalue weighted by Crippen LogP contribution is -2.15. The average Bonchev–Trinajstić information content (AvgIpc) is 3.94. The van der Waals surface area contributed by atoms with Crippen LogP contribution in [0.2, 0.25) is 0 Å². The van der Waals surface area contributed by atoms with Gasteiger partial charge in [-0.05, 0) is 104 Å². The van der Waals surface area contributed by atoms with Gasteiger partial charge in [0.05, 0.1) is 27.6 Å². The van der Waals surface area contributed by atoms with Gasteiger partial charge in [-0.2, -0.15) is 0 Å². The Hall–Kier alpha value is -7.56. The van der Waals surface area contributed by atoms with Crippen molar-refractivity contribution in [2.24, 2.45) is 0 Å². The van der Waals surface area contributed by atoms with Crippen LogP contribution < -0.4 is 4.90 Å². The number of hydrogen-bond acceptors (Lipinski definition) is 1. The number of allylic oxidation sites excluding steroid dienone is 5. The molecule has 0 N–H and O–H groups in total. The Labute approximate surface area is 350 Å². The molecule has 11 rings (SSSR count). The first kappa shape index (κ1) is 35.6. The quantitative estimate of drug-likeness (QED) is 0.141. The molecule has 1 aliphatic carbocycles. The molecule has 1 aliphatic rings. The van der Waals surface area contributed by atoms with Crippen molar-refractivity contribution in [3.05, 3.63) is 218 Å². The SMILES string of the molecule is C=C(/C=C\C(=C/C)n1c2c(c3ccccc31)C=CCC2C)N(c1ccc(-n2c3ccccc3c3ccccc32)cc1)c1ccc(-n2c3ccccc3c3ccccc32)cc1. The maximum Gasteiger partial charge on any atom is 0.0541 e. The van der Waals surface area contributed by atoms with E-state index in [1.807, 2.05) is 0 Å². The number of fused-ring (bicyclic) bond motifs is 9. The summed E-state index contributed by atoms with van der Waals surface area (Å²) in [6.45, 7) is 9.21. The minimum Gasteiger partial charge on any atom is -0.313 e. The average molecular weight is 773 g/mol. The molecule has 288 valence electrons. The number of hydrogen-bond donors (Lipinski definition) is 0. The number of anilines is 2. The topological polar surface area (TPSA) is 18.0 Å². The molecular weight excluding hydrogens is 729 g/mol. The summed E-state index contributed by atoms with van der Waals surface area (Å²) in [7, 11) is 0. The van der Waals surface area contributed by atoms with Gasteiger partial charge in [0.15, 0.2) is 0 Å². The molecule has 0 bridgehead atoms. The number of rotatable bonds is 8. The van der Waals surface area contributed by atoms with Crippen molar-refractivity contribution < 1.29 is 0 Å². The van der Waals surface area contributed by atoms with Gasteiger partial charge >= 0.3 is 0 Å². The Balaban J connectivity index is 1.02. The molecule has 0 radical (unpaired) electrons. The highest BCUT2D eigenvalue weighted by Gasteiger charge is 2.24. The van der Waals surface area contributed by atoms with Crippen molar-refractivity contribution in [3.63, 3.8) is 0 Å². The van der Waals surface area contributed by atoms with Crippen molar-refractivity contribution in [3.8, 4) is 11.4 Å². The van der Waals surface area contributed by atoms with Crippen molar-refractivity contribution in [2.45, 2.75) is 26.2 Å². The van der Waals surface area contributed by atoms with Gasteiger partial charge in [0, 0.05) is 78.3 Å². The number of para-hydroxylation sites is 5. The fraction of sp³-hybridized carbons (Fsp3) is 0.0714. The largest absolute Gasteiger partial charge is 0.313 e. The molecule has 10 aromatic rings. The van der Waals surface area contributed by atoms with Crippen LogP contribution in [-0.2, 0) is 0 Å². The predicted octanol–water partition coefficient (Wildman–Crippen LogP) is 15.1. The van der Waals surface area contributed by atoms with Crippen LogP contribution in [0.1, 0.15) is 37.4 Å². The predicted molar refractivity (Wildman–Crippen MR) is 256 cm³/mol. The highest BCUT2D eigenvalue weighted by Crippen LogP contribution is 2.41. The van der Waals surface area contributed by atoms with Crippen LogP contribution >= 0.6 is 0 Å². The highest BCUT2D eigenvalue weighted by molar-refractivity contribution is 6.10. The zero-order valence-electron chi connectivity index (χ0n) is 33.8. The van der Waals surface area contributed by atoms with Gasteiger partial charge in [-0.25, -0.2) is 0 Å². The molecule has 4 nitrogen and oxygen atoms in total. The van der Waals surface area contributed by atoms with Crippen LogP contribution in [-0.4, -0.2) is 13.7 Å². The second kappa shape index (κ2) is 14.4. The van der Waals surface area contributed by atoms with E-state index in [4.69, 9.17) is 6.58 Å². The Morgan fingerprint density at radius 2 is 0.950 bits per heavy atom. The summed E-state index contributed by atoms with van der Waals surface area (Å²) in [5, 5.41) is 6.30. The summed E-state index contributed by atoms with van der Waals surface area (Å²) in [5.74, 6) is 0.404. The lowest BCUT2D eigenvalue weighted by atomic mass is 9.93. The van der Waals surface area contributed by atoms with Gasteiger partial charge in [0.25, 0.3) is 0 Å².